The minimum atomic E-state index is 0.917. The Balaban J connectivity index is 0. The largest absolute Gasteiger partial charge is 0.271 e. The van der Waals surface area contributed by atoms with Gasteiger partial charge in [-0.25, -0.2) is 0 Å². The SMILES string of the molecule is CC.CCCNN. The van der Waals surface area contributed by atoms with Crippen molar-refractivity contribution in [3.8, 4) is 0 Å². The number of nitrogens with two attached hydrogens (primary N) is 1. The molecule has 46 valence electrons. The maximum atomic E-state index is 4.89. The lowest BCUT2D eigenvalue weighted by atomic mass is 10.5. The molecular formula is C5H16N2. The van der Waals surface area contributed by atoms with Crippen molar-refractivity contribution in [3.63, 3.8) is 0 Å². The van der Waals surface area contributed by atoms with Crippen LogP contribution in [0.5, 0.6) is 0 Å². The van der Waals surface area contributed by atoms with Gasteiger partial charge in [0.2, 0.25) is 0 Å². The summed E-state index contributed by atoms with van der Waals surface area (Å²) in [6.45, 7) is 6.99. The van der Waals surface area contributed by atoms with Gasteiger partial charge in [-0.05, 0) is 6.42 Å². The maximum Gasteiger partial charge on any atom is 0.00947 e. The van der Waals surface area contributed by atoms with E-state index >= 15 is 0 Å². The lowest BCUT2D eigenvalue weighted by Gasteiger charge is -1.85. The average molecular weight is 104 g/mol. The van der Waals surface area contributed by atoms with Crippen molar-refractivity contribution in [1.29, 1.82) is 0 Å². The summed E-state index contributed by atoms with van der Waals surface area (Å²) in [6, 6.07) is 0. The van der Waals surface area contributed by atoms with Gasteiger partial charge >= 0.3 is 0 Å². The van der Waals surface area contributed by atoms with Crippen molar-refractivity contribution >= 4 is 0 Å². The average Bonchev–Trinajstić information content (AvgIpc) is 1.75. The lowest BCUT2D eigenvalue weighted by Crippen LogP contribution is -2.21. The Labute approximate surface area is 46.1 Å². The van der Waals surface area contributed by atoms with Gasteiger partial charge < -0.3 is 0 Å². The molecule has 0 atom stereocenters. The van der Waals surface area contributed by atoms with Crippen molar-refractivity contribution in [1.82, 2.24) is 5.43 Å². The fraction of sp³-hybridized carbons (Fsp3) is 1.00. The Hall–Kier alpha value is -0.0800. The highest BCUT2D eigenvalue weighted by Crippen LogP contribution is 1.61. The summed E-state index contributed by atoms with van der Waals surface area (Å²) in [5, 5.41) is 0. The first-order valence-electron chi connectivity index (χ1n) is 2.85. The summed E-state index contributed by atoms with van der Waals surface area (Å²) in [4.78, 5) is 0. The van der Waals surface area contributed by atoms with Crippen molar-refractivity contribution < 1.29 is 0 Å². The van der Waals surface area contributed by atoms with Gasteiger partial charge in [-0.2, -0.15) is 0 Å². The van der Waals surface area contributed by atoms with E-state index in [1.165, 1.54) is 0 Å². The third-order valence-electron chi connectivity index (χ3n) is 0.394. The fourth-order valence-corrected chi connectivity index (χ4v) is 0.144. The van der Waals surface area contributed by atoms with Crippen molar-refractivity contribution in [2.24, 2.45) is 5.84 Å². The molecular weight excluding hydrogens is 88.1 g/mol. The predicted octanol–water partition coefficient (Wildman–Crippen LogP) is 0.886. The summed E-state index contributed by atoms with van der Waals surface area (Å²) in [5.74, 6) is 4.89. The van der Waals surface area contributed by atoms with Crippen LogP contribution in [0.15, 0.2) is 0 Å². The molecule has 0 heterocycles. The van der Waals surface area contributed by atoms with Gasteiger partial charge in [0, 0.05) is 6.54 Å². The highest BCUT2D eigenvalue weighted by Gasteiger charge is 1.64. The Morgan fingerprint density at radius 1 is 1.43 bits per heavy atom. The maximum absolute atomic E-state index is 4.89. The van der Waals surface area contributed by atoms with Crippen LogP contribution in [0.25, 0.3) is 0 Å². The van der Waals surface area contributed by atoms with Crippen molar-refractivity contribution in [3.05, 3.63) is 0 Å². The predicted molar refractivity (Wildman–Crippen MR) is 33.8 cm³/mol. The first-order chi connectivity index (χ1) is 3.41. The van der Waals surface area contributed by atoms with E-state index in [0.29, 0.717) is 0 Å². The first-order valence-corrected chi connectivity index (χ1v) is 2.85. The van der Waals surface area contributed by atoms with Gasteiger partial charge in [0.05, 0.1) is 0 Å². The Morgan fingerprint density at radius 2 is 1.86 bits per heavy atom. The van der Waals surface area contributed by atoms with E-state index in [0.717, 1.165) is 13.0 Å². The molecule has 0 saturated heterocycles. The van der Waals surface area contributed by atoms with Crippen LogP contribution in [0.4, 0.5) is 0 Å². The van der Waals surface area contributed by atoms with Crippen LogP contribution in [0, 0.1) is 0 Å². The van der Waals surface area contributed by atoms with Crippen LogP contribution >= 0.6 is 0 Å². The molecule has 7 heavy (non-hydrogen) atoms. The van der Waals surface area contributed by atoms with E-state index in [4.69, 9.17) is 5.84 Å². The molecule has 0 aromatic carbocycles. The molecule has 0 spiro atoms. The van der Waals surface area contributed by atoms with Crippen molar-refractivity contribution in [2.45, 2.75) is 27.2 Å². The van der Waals surface area contributed by atoms with Crippen LogP contribution in [-0.2, 0) is 0 Å². The molecule has 0 aliphatic carbocycles. The van der Waals surface area contributed by atoms with Gasteiger partial charge in [0.25, 0.3) is 0 Å². The number of hydrogen-bond donors (Lipinski definition) is 2. The van der Waals surface area contributed by atoms with Gasteiger partial charge in [-0.3, -0.25) is 11.3 Å². The summed E-state index contributed by atoms with van der Waals surface area (Å²) in [7, 11) is 0. The second-order valence-electron chi connectivity index (χ2n) is 0.954. The minimum absolute atomic E-state index is 0.917. The van der Waals surface area contributed by atoms with Gasteiger partial charge in [-0.1, -0.05) is 20.8 Å². The third kappa shape index (κ3) is 24.7. The van der Waals surface area contributed by atoms with Crippen LogP contribution in [-0.4, -0.2) is 6.54 Å². The summed E-state index contributed by atoms with van der Waals surface area (Å²) in [6.07, 6.45) is 1.11. The van der Waals surface area contributed by atoms with Crippen LogP contribution in [0.1, 0.15) is 27.2 Å². The van der Waals surface area contributed by atoms with Crippen LogP contribution < -0.4 is 11.3 Å². The molecule has 0 radical (unpaired) electrons. The highest BCUT2D eigenvalue weighted by atomic mass is 15.2. The van der Waals surface area contributed by atoms with E-state index in [2.05, 4.69) is 12.3 Å². The van der Waals surface area contributed by atoms with Crippen LogP contribution in [0.3, 0.4) is 0 Å². The smallest absolute Gasteiger partial charge is 0.00947 e. The van der Waals surface area contributed by atoms with E-state index in [9.17, 15) is 0 Å². The van der Waals surface area contributed by atoms with Gasteiger partial charge in [0.15, 0.2) is 0 Å². The van der Waals surface area contributed by atoms with E-state index in [1.54, 1.807) is 0 Å². The zero-order chi connectivity index (χ0) is 6.12. The molecule has 0 rings (SSSR count). The number of hydrazine groups is 1. The molecule has 2 nitrogen and oxygen atoms in total. The minimum Gasteiger partial charge on any atom is -0.271 e. The standard InChI is InChI=1S/C3H10N2.C2H6/c1-2-3-5-4;1-2/h5H,2-4H2,1H3;1-2H3. The summed E-state index contributed by atoms with van der Waals surface area (Å²) >= 11 is 0. The Bertz CT molecular complexity index is 13.6. The molecule has 0 fully saturated rings. The van der Waals surface area contributed by atoms with Gasteiger partial charge in [0.1, 0.15) is 0 Å². The molecule has 0 unspecified atom stereocenters. The van der Waals surface area contributed by atoms with Gasteiger partial charge in [-0.15, -0.1) is 0 Å². The van der Waals surface area contributed by atoms with E-state index in [1.807, 2.05) is 13.8 Å². The zero-order valence-corrected chi connectivity index (χ0v) is 5.49. The number of nitrogens with one attached hydrogen (secondary N) is 1. The second kappa shape index (κ2) is 16.8. The second-order valence-corrected chi connectivity index (χ2v) is 0.954. The molecule has 3 N–H and O–H groups in total. The third-order valence-corrected chi connectivity index (χ3v) is 0.394. The monoisotopic (exact) mass is 104 g/mol. The zero-order valence-electron chi connectivity index (χ0n) is 5.49. The molecule has 2 heteroatoms. The normalized spacial score (nSPS) is 6.86. The van der Waals surface area contributed by atoms with Crippen molar-refractivity contribution in [2.75, 3.05) is 6.54 Å². The first kappa shape index (κ1) is 10.0. The topological polar surface area (TPSA) is 38.0 Å². The Kier molecular flexibility index (Phi) is 24.1. The Morgan fingerprint density at radius 3 is 1.86 bits per heavy atom. The molecule has 0 aliphatic rings. The quantitative estimate of drug-likeness (QED) is 0.403. The highest BCUT2D eigenvalue weighted by molar-refractivity contribution is 4.25. The number of rotatable bonds is 2. The summed E-state index contributed by atoms with van der Waals surface area (Å²) in [5.41, 5.74) is 2.52. The molecule has 0 aliphatic heterocycles. The molecule has 0 aromatic rings. The lowest BCUT2D eigenvalue weighted by molar-refractivity contribution is 0.714. The molecule has 0 bridgehead atoms. The summed E-state index contributed by atoms with van der Waals surface area (Å²) < 4.78 is 0. The molecule has 0 saturated carbocycles. The number of hydrogen-bond acceptors (Lipinski definition) is 2. The van der Waals surface area contributed by atoms with E-state index < -0.39 is 0 Å². The fourth-order valence-electron chi connectivity index (χ4n) is 0.144. The molecule has 0 aromatic heterocycles. The van der Waals surface area contributed by atoms with Crippen LogP contribution in [0.2, 0.25) is 0 Å². The molecule has 0 amide bonds. The van der Waals surface area contributed by atoms with E-state index in [-0.39, 0.29) is 0 Å².